The summed E-state index contributed by atoms with van der Waals surface area (Å²) in [7, 11) is 0. The van der Waals surface area contributed by atoms with E-state index in [9.17, 15) is 18.3 Å². The fourth-order valence-corrected chi connectivity index (χ4v) is 1.45. The Morgan fingerprint density at radius 2 is 1.93 bits per heavy atom. The van der Waals surface area contributed by atoms with Gasteiger partial charge in [0, 0.05) is 11.6 Å². The van der Waals surface area contributed by atoms with E-state index < -0.39 is 29.1 Å². The lowest BCUT2D eigenvalue weighted by atomic mass is 9.96. The van der Waals surface area contributed by atoms with E-state index in [1.54, 1.807) is 6.92 Å². The number of hydrogen-bond donors (Lipinski definition) is 2. The van der Waals surface area contributed by atoms with Crippen molar-refractivity contribution in [2.75, 3.05) is 6.54 Å². The molecule has 1 aromatic carbocycles. The maximum absolute atomic E-state index is 13.3. The second-order valence-electron chi connectivity index (χ2n) is 3.39. The van der Waals surface area contributed by atoms with Gasteiger partial charge >= 0.3 is 0 Å². The molecule has 0 heterocycles. The lowest BCUT2D eigenvalue weighted by molar-refractivity contribution is 0.394. The van der Waals surface area contributed by atoms with Crippen LogP contribution in [0.15, 0.2) is 6.07 Å². The van der Waals surface area contributed by atoms with Crippen molar-refractivity contribution in [3.05, 3.63) is 29.1 Å². The van der Waals surface area contributed by atoms with E-state index in [1.165, 1.54) is 0 Å². The summed E-state index contributed by atoms with van der Waals surface area (Å²) >= 11 is 0. The van der Waals surface area contributed by atoms with Crippen LogP contribution in [0, 0.1) is 17.5 Å². The number of phenols is 1. The van der Waals surface area contributed by atoms with Crippen molar-refractivity contribution in [3.63, 3.8) is 0 Å². The first-order valence-electron chi connectivity index (χ1n) is 4.55. The standard InChI is InChI=1S/C10H12F3NO/c1-5(2-3-14)8-9(13)6(11)4-7(12)10(8)15/h4-5,15H,2-3,14H2,1H3. The first-order valence-corrected chi connectivity index (χ1v) is 4.55. The van der Waals surface area contributed by atoms with E-state index >= 15 is 0 Å². The summed E-state index contributed by atoms with van der Waals surface area (Å²) in [5, 5.41) is 9.28. The van der Waals surface area contributed by atoms with Gasteiger partial charge in [-0.25, -0.2) is 13.2 Å². The zero-order valence-electron chi connectivity index (χ0n) is 8.23. The third-order valence-electron chi connectivity index (χ3n) is 2.27. The molecule has 0 saturated heterocycles. The van der Waals surface area contributed by atoms with Gasteiger partial charge in [-0.05, 0) is 18.9 Å². The van der Waals surface area contributed by atoms with Gasteiger partial charge in [0.25, 0.3) is 0 Å². The molecule has 84 valence electrons. The summed E-state index contributed by atoms with van der Waals surface area (Å²) in [6, 6.07) is 0.323. The minimum Gasteiger partial charge on any atom is -0.505 e. The number of halogens is 3. The highest BCUT2D eigenvalue weighted by Crippen LogP contribution is 2.33. The zero-order chi connectivity index (χ0) is 11.6. The first-order chi connectivity index (χ1) is 6.99. The van der Waals surface area contributed by atoms with Crippen molar-refractivity contribution in [1.29, 1.82) is 0 Å². The van der Waals surface area contributed by atoms with Crippen molar-refractivity contribution >= 4 is 0 Å². The molecule has 5 heteroatoms. The summed E-state index contributed by atoms with van der Waals surface area (Å²) < 4.78 is 39.1. The monoisotopic (exact) mass is 219 g/mol. The van der Waals surface area contributed by atoms with E-state index in [0.717, 1.165) is 0 Å². The van der Waals surface area contributed by atoms with Crippen LogP contribution in [-0.4, -0.2) is 11.7 Å². The van der Waals surface area contributed by atoms with Crippen LogP contribution in [0.5, 0.6) is 5.75 Å². The zero-order valence-corrected chi connectivity index (χ0v) is 8.23. The number of nitrogens with two attached hydrogens (primary N) is 1. The highest BCUT2D eigenvalue weighted by molar-refractivity contribution is 5.38. The normalized spacial score (nSPS) is 12.9. The summed E-state index contributed by atoms with van der Waals surface area (Å²) in [6.45, 7) is 1.79. The van der Waals surface area contributed by atoms with Gasteiger partial charge in [-0.2, -0.15) is 0 Å². The molecule has 0 bridgehead atoms. The van der Waals surface area contributed by atoms with Gasteiger partial charge in [-0.3, -0.25) is 0 Å². The quantitative estimate of drug-likeness (QED) is 0.766. The molecule has 1 atom stereocenters. The van der Waals surface area contributed by atoms with E-state index in [2.05, 4.69) is 0 Å². The highest BCUT2D eigenvalue weighted by Gasteiger charge is 2.22. The Morgan fingerprint density at radius 3 is 2.47 bits per heavy atom. The van der Waals surface area contributed by atoms with Gasteiger partial charge in [0.2, 0.25) is 0 Å². The Labute approximate surface area is 85.5 Å². The van der Waals surface area contributed by atoms with Crippen LogP contribution in [-0.2, 0) is 0 Å². The van der Waals surface area contributed by atoms with Crippen molar-refractivity contribution in [2.45, 2.75) is 19.3 Å². The Balaban J connectivity index is 3.26. The first kappa shape index (κ1) is 11.8. The van der Waals surface area contributed by atoms with E-state index in [0.29, 0.717) is 12.5 Å². The molecule has 0 aliphatic carbocycles. The molecule has 15 heavy (non-hydrogen) atoms. The fourth-order valence-electron chi connectivity index (χ4n) is 1.45. The van der Waals surface area contributed by atoms with Crippen LogP contribution in [0.4, 0.5) is 13.2 Å². The third kappa shape index (κ3) is 2.23. The molecule has 1 rings (SSSR count). The fraction of sp³-hybridized carbons (Fsp3) is 0.400. The molecule has 0 amide bonds. The molecule has 3 N–H and O–H groups in total. The van der Waals surface area contributed by atoms with Crippen LogP contribution < -0.4 is 5.73 Å². The largest absolute Gasteiger partial charge is 0.505 e. The van der Waals surface area contributed by atoms with Crippen LogP contribution >= 0.6 is 0 Å². The van der Waals surface area contributed by atoms with Crippen LogP contribution in [0.3, 0.4) is 0 Å². The average Bonchev–Trinajstić information content (AvgIpc) is 2.16. The van der Waals surface area contributed by atoms with Crippen LogP contribution in [0.25, 0.3) is 0 Å². The predicted octanol–water partition coefficient (Wildman–Crippen LogP) is 2.26. The minimum absolute atomic E-state index is 0.248. The van der Waals surface area contributed by atoms with Crippen molar-refractivity contribution in [3.8, 4) is 5.75 Å². The van der Waals surface area contributed by atoms with Gasteiger partial charge in [0.15, 0.2) is 23.2 Å². The van der Waals surface area contributed by atoms with Gasteiger partial charge in [0.1, 0.15) is 0 Å². The number of benzene rings is 1. The second kappa shape index (κ2) is 4.53. The molecule has 0 aliphatic heterocycles. The third-order valence-corrected chi connectivity index (χ3v) is 2.27. The lowest BCUT2D eigenvalue weighted by Gasteiger charge is -2.14. The van der Waals surface area contributed by atoms with E-state index in [4.69, 9.17) is 5.73 Å². The molecule has 1 unspecified atom stereocenters. The molecule has 0 aromatic heterocycles. The maximum Gasteiger partial charge on any atom is 0.168 e. The summed E-state index contributed by atoms with van der Waals surface area (Å²) in [5.74, 6) is -5.04. The number of phenolic OH excluding ortho intramolecular Hbond substituents is 1. The van der Waals surface area contributed by atoms with Crippen LogP contribution in [0.1, 0.15) is 24.8 Å². The molecule has 2 nitrogen and oxygen atoms in total. The van der Waals surface area contributed by atoms with Crippen LogP contribution in [0.2, 0.25) is 0 Å². The molecule has 0 radical (unpaired) electrons. The number of aromatic hydroxyl groups is 1. The summed E-state index contributed by atoms with van der Waals surface area (Å²) in [5.41, 5.74) is 4.90. The second-order valence-corrected chi connectivity index (χ2v) is 3.39. The maximum atomic E-state index is 13.3. The molecular formula is C10H12F3NO. The average molecular weight is 219 g/mol. The molecule has 0 saturated carbocycles. The molecule has 0 spiro atoms. The number of hydrogen-bond acceptors (Lipinski definition) is 2. The molecule has 0 fully saturated rings. The topological polar surface area (TPSA) is 46.2 Å². The lowest BCUT2D eigenvalue weighted by Crippen LogP contribution is -2.08. The van der Waals surface area contributed by atoms with Crippen molar-refractivity contribution in [1.82, 2.24) is 0 Å². The predicted molar refractivity (Wildman–Crippen MR) is 50.1 cm³/mol. The van der Waals surface area contributed by atoms with Gasteiger partial charge in [0.05, 0.1) is 0 Å². The van der Waals surface area contributed by atoms with E-state index in [-0.39, 0.29) is 12.1 Å². The number of rotatable bonds is 3. The molecule has 1 aromatic rings. The highest BCUT2D eigenvalue weighted by atomic mass is 19.2. The van der Waals surface area contributed by atoms with Gasteiger partial charge in [-0.15, -0.1) is 0 Å². The Morgan fingerprint density at radius 1 is 1.33 bits per heavy atom. The molecule has 0 aliphatic rings. The van der Waals surface area contributed by atoms with Gasteiger partial charge < -0.3 is 10.8 Å². The Bertz CT molecular complexity index is 342. The smallest absolute Gasteiger partial charge is 0.168 e. The SMILES string of the molecule is CC(CCN)c1c(O)c(F)cc(F)c1F. The van der Waals surface area contributed by atoms with E-state index in [1.807, 2.05) is 0 Å². The minimum atomic E-state index is -1.30. The van der Waals surface area contributed by atoms with Crippen molar-refractivity contribution in [2.24, 2.45) is 5.73 Å². The van der Waals surface area contributed by atoms with Crippen molar-refractivity contribution < 1.29 is 18.3 Å². The summed E-state index contributed by atoms with van der Waals surface area (Å²) in [6.07, 6.45) is 0.341. The Hall–Kier alpha value is -1.23. The van der Waals surface area contributed by atoms with Gasteiger partial charge in [-0.1, -0.05) is 6.92 Å². The molecular weight excluding hydrogens is 207 g/mol. The Kier molecular flexibility index (Phi) is 3.57. The summed E-state index contributed by atoms with van der Waals surface area (Å²) in [4.78, 5) is 0.